The molecule has 1 N–H and O–H groups in total. The molecule has 0 aliphatic rings. The summed E-state index contributed by atoms with van der Waals surface area (Å²) in [7, 11) is 0. The Labute approximate surface area is 309 Å². The van der Waals surface area contributed by atoms with Gasteiger partial charge < -0.3 is 13.9 Å². The first-order valence-electron chi connectivity index (χ1n) is 17.4. The van der Waals surface area contributed by atoms with E-state index >= 15 is 0 Å². The van der Waals surface area contributed by atoms with Gasteiger partial charge in [0.15, 0.2) is 11.4 Å². The fourth-order valence-corrected chi connectivity index (χ4v) is 6.02. The van der Waals surface area contributed by atoms with Crippen LogP contribution in [0.1, 0.15) is 93.6 Å². The summed E-state index contributed by atoms with van der Waals surface area (Å²) >= 11 is 0. The molecule has 265 valence electrons. The minimum absolute atomic E-state index is 0. The summed E-state index contributed by atoms with van der Waals surface area (Å²) in [6.07, 6.45) is 10.00. The van der Waals surface area contributed by atoms with Crippen molar-refractivity contribution in [1.29, 1.82) is 0 Å². The number of hydrogen-bond donors (Lipinski definition) is 1. The fraction of sp³-hybridized carbons (Fsp3) is 0.372. The molecule has 0 saturated heterocycles. The molecule has 50 heavy (non-hydrogen) atoms. The normalized spacial score (nSPS) is 12.5. The number of allylic oxidation sites excluding steroid dienone is 2. The number of hydrogen-bond acceptors (Lipinski definition) is 6. The van der Waals surface area contributed by atoms with Crippen LogP contribution in [0.25, 0.3) is 55.4 Å². The summed E-state index contributed by atoms with van der Waals surface area (Å²) in [4.78, 5) is 21.2. The summed E-state index contributed by atoms with van der Waals surface area (Å²) < 4.78 is 12.1. The zero-order valence-electron chi connectivity index (χ0n) is 30.7. The Kier molecular flexibility index (Phi) is 12.0. The third kappa shape index (κ3) is 7.65. The first kappa shape index (κ1) is 38.7. The first-order valence-corrected chi connectivity index (χ1v) is 17.4. The Morgan fingerprint density at radius 2 is 1.50 bits per heavy atom. The van der Waals surface area contributed by atoms with Crippen LogP contribution in [0.15, 0.2) is 93.9 Å². The molecule has 6 aromatic rings. The number of nitrogens with zero attached hydrogens (tertiary/aromatic N) is 2. The zero-order valence-corrected chi connectivity index (χ0v) is 33.1. The predicted octanol–water partition coefficient (Wildman–Crippen LogP) is 12.2. The molecule has 0 amide bonds. The smallest absolute Gasteiger partial charge is 0.164 e. The number of ketones is 1. The average molecular weight is 850 g/mol. The second-order valence-electron chi connectivity index (χ2n) is 14.5. The Morgan fingerprint density at radius 1 is 0.840 bits per heavy atom. The Morgan fingerprint density at radius 3 is 2.16 bits per heavy atom. The van der Waals surface area contributed by atoms with E-state index < -0.39 is 0 Å². The number of carbonyl (C=O) groups excluding carboxylic acids is 1. The number of aliphatic hydroxyl groups is 1. The van der Waals surface area contributed by atoms with Gasteiger partial charge in [0.1, 0.15) is 22.6 Å². The summed E-state index contributed by atoms with van der Waals surface area (Å²) in [5.41, 5.74) is 5.49. The summed E-state index contributed by atoms with van der Waals surface area (Å²) in [6, 6.07) is 21.9. The minimum atomic E-state index is -0.337. The van der Waals surface area contributed by atoms with Crippen LogP contribution in [-0.2, 0) is 30.3 Å². The number of aliphatic hydroxyl groups excluding tert-OH is 1. The number of rotatable bonds is 9. The molecule has 0 unspecified atom stereocenters. The van der Waals surface area contributed by atoms with Crippen LogP contribution in [0, 0.1) is 16.9 Å². The number of furan rings is 2. The van der Waals surface area contributed by atoms with Crippen molar-refractivity contribution in [3.63, 3.8) is 0 Å². The number of carbonyl (C=O) groups is 1. The van der Waals surface area contributed by atoms with Crippen molar-refractivity contribution in [3.05, 3.63) is 96.7 Å². The molecular weight excluding hydrogens is 801 g/mol. The van der Waals surface area contributed by atoms with Gasteiger partial charge in [-0.15, -0.1) is 29.1 Å². The van der Waals surface area contributed by atoms with Crippen LogP contribution >= 0.6 is 0 Å². The van der Waals surface area contributed by atoms with Gasteiger partial charge in [-0.2, -0.15) is 0 Å². The molecular formula is C43H49IrN2O4-. The van der Waals surface area contributed by atoms with E-state index in [2.05, 4.69) is 56.1 Å². The largest absolute Gasteiger partial charge is 0.512 e. The molecule has 1 radical (unpaired) electrons. The van der Waals surface area contributed by atoms with Gasteiger partial charge in [-0.25, -0.2) is 0 Å². The minimum Gasteiger partial charge on any atom is -0.512 e. The monoisotopic (exact) mass is 850 g/mol. The van der Waals surface area contributed by atoms with Gasteiger partial charge in [-0.1, -0.05) is 91.5 Å². The summed E-state index contributed by atoms with van der Waals surface area (Å²) in [5.74, 6) is 1.02. The molecule has 0 bridgehead atoms. The van der Waals surface area contributed by atoms with Crippen molar-refractivity contribution in [2.75, 3.05) is 0 Å². The SMILES string of the molecule is CC(C)(C)c1cc(-c2nccc3cc(-c4ccnc5ccoc45)oc23)[c-]c2ccccc12.CCC(C)(CC)C(=O)/C=C(\O)C(C)(CC)CC.[Ir]. The van der Waals surface area contributed by atoms with Gasteiger partial charge >= 0.3 is 0 Å². The molecule has 0 fully saturated rings. The van der Waals surface area contributed by atoms with Crippen LogP contribution in [0.4, 0.5) is 0 Å². The quantitative estimate of drug-likeness (QED) is 0.0885. The Bertz CT molecular complexity index is 2120. The number of benzene rings is 2. The molecule has 4 heterocycles. The second-order valence-corrected chi connectivity index (χ2v) is 14.5. The summed E-state index contributed by atoms with van der Waals surface area (Å²) in [5, 5.41) is 13.4. The summed E-state index contributed by atoms with van der Waals surface area (Å²) in [6.45, 7) is 18.8. The predicted molar refractivity (Wildman–Crippen MR) is 201 cm³/mol. The van der Waals surface area contributed by atoms with Gasteiger partial charge in [0.25, 0.3) is 0 Å². The van der Waals surface area contributed by atoms with Gasteiger partial charge in [-0.05, 0) is 49.3 Å². The van der Waals surface area contributed by atoms with Crippen LogP contribution < -0.4 is 0 Å². The van der Waals surface area contributed by atoms with Crippen LogP contribution in [-0.4, -0.2) is 20.9 Å². The van der Waals surface area contributed by atoms with Crippen LogP contribution in [0.3, 0.4) is 0 Å². The molecule has 6 rings (SSSR count). The molecule has 0 spiro atoms. The molecule has 0 aliphatic carbocycles. The van der Waals surface area contributed by atoms with Gasteiger partial charge in [0.05, 0.1) is 11.8 Å². The maximum absolute atomic E-state index is 12.2. The zero-order chi connectivity index (χ0) is 35.6. The standard InChI is InChI=1S/C28H21N2O2.C15H28O2.Ir/c1-28(2,3)22-15-19(14-17-6-4-5-7-20(17)22)25-26-18(8-11-30-25)16-24(32-26)21-9-12-29-23-10-13-31-27(21)23;1-7-14(5,8-2)12(16)11-13(17)15(6,9-3)10-4;/h4-13,15-16H,1-3H3;11,16H,7-10H2,1-6H3;/q-1;;/b;12-11-;. The average Bonchev–Trinajstić information content (AvgIpc) is 3.78. The van der Waals surface area contributed by atoms with E-state index in [0.717, 1.165) is 70.1 Å². The fourth-order valence-electron chi connectivity index (χ4n) is 6.02. The molecule has 0 saturated carbocycles. The second kappa shape index (κ2) is 15.4. The van der Waals surface area contributed by atoms with E-state index in [1.54, 1.807) is 12.5 Å². The molecule has 6 nitrogen and oxygen atoms in total. The van der Waals surface area contributed by atoms with Gasteiger partial charge in [0.2, 0.25) is 0 Å². The van der Waals surface area contributed by atoms with E-state index in [0.29, 0.717) is 5.58 Å². The maximum atomic E-state index is 12.2. The molecule has 2 aromatic carbocycles. The van der Waals surface area contributed by atoms with Gasteiger partial charge in [0, 0.05) is 66.6 Å². The molecule has 4 aromatic heterocycles. The van der Waals surface area contributed by atoms with E-state index in [1.807, 2.05) is 78.1 Å². The number of pyridine rings is 2. The van der Waals surface area contributed by atoms with E-state index in [-0.39, 0.29) is 47.9 Å². The van der Waals surface area contributed by atoms with Gasteiger partial charge in [-0.3, -0.25) is 14.8 Å². The number of fused-ring (bicyclic) bond motifs is 3. The van der Waals surface area contributed by atoms with Crippen molar-refractivity contribution < 1.29 is 38.8 Å². The van der Waals surface area contributed by atoms with Crippen molar-refractivity contribution in [3.8, 4) is 22.6 Å². The van der Waals surface area contributed by atoms with Crippen LogP contribution in [0.2, 0.25) is 0 Å². The maximum Gasteiger partial charge on any atom is 0.164 e. The number of aromatic nitrogens is 2. The third-order valence-electron chi connectivity index (χ3n) is 10.5. The van der Waals surface area contributed by atoms with Crippen molar-refractivity contribution in [2.24, 2.45) is 10.8 Å². The van der Waals surface area contributed by atoms with E-state index in [9.17, 15) is 9.90 Å². The van der Waals surface area contributed by atoms with Crippen LogP contribution in [0.5, 0.6) is 0 Å². The Balaban J connectivity index is 0.000000269. The van der Waals surface area contributed by atoms with E-state index in [4.69, 9.17) is 13.8 Å². The third-order valence-corrected chi connectivity index (χ3v) is 10.5. The molecule has 7 heteroatoms. The van der Waals surface area contributed by atoms with E-state index in [1.165, 1.54) is 17.0 Å². The van der Waals surface area contributed by atoms with Crippen molar-refractivity contribution >= 4 is 38.6 Å². The molecule has 0 aliphatic heterocycles. The topological polar surface area (TPSA) is 89.4 Å². The first-order chi connectivity index (χ1) is 23.3. The van der Waals surface area contributed by atoms with Crippen molar-refractivity contribution in [1.82, 2.24) is 9.97 Å². The molecule has 0 atom stereocenters. The Hall–Kier alpha value is -4.06. The van der Waals surface area contributed by atoms with Crippen molar-refractivity contribution in [2.45, 2.75) is 93.4 Å².